The number of likely N-dealkylation sites (N-methyl/N-ethyl adjacent to an activating group) is 1. The van der Waals surface area contributed by atoms with Gasteiger partial charge in [-0.2, -0.15) is 0 Å². The van der Waals surface area contributed by atoms with Gasteiger partial charge in [-0.1, -0.05) is 6.08 Å². The van der Waals surface area contributed by atoms with E-state index in [1.807, 2.05) is 6.08 Å². The van der Waals surface area contributed by atoms with Gasteiger partial charge < -0.3 is 4.74 Å². The molecule has 1 rings (SSSR count). The Morgan fingerprint density at radius 1 is 1.35 bits per heavy atom. The Bertz CT molecular complexity index is 290. The molecular formula is C13H24N2O2. The summed E-state index contributed by atoms with van der Waals surface area (Å²) in [7, 11) is 3.59. The highest BCUT2D eigenvalue weighted by atomic mass is 16.5. The van der Waals surface area contributed by atoms with E-state index in [1.165, 1.54) is 7.11 Å². The van der Waals surface area contributed by atoms with Crippen molar-refractivity contribution in [2.75, 3.05) is 33.8 Å². The quantitative estimate of drug-likeness (QED) is 0.547. The zero-order valence-electron chi connectivity index (χ0n) is 11.6. The molecular weight excluding hydrogens is 216 g/mol. The zero-order chi connectivity index (χ0) is 13.0. The molecule has 0 bridgehead atoms. The van der Waals surface area contributed by atoms with Crippen LogP contribution in [-0.2, 0) is 9.53 Å². The van der Waals surface area contributed by atoms with E-state index in [9.17, 15) is 4.79 Å². The van der Waals surface area contributed by atoms with Crippen LogP contribution < -0.4 is 0 Å². The minimum Gasteiger partial charge on any atom is -0.466 e. The Balaban J connectivity index is 2.51. The average Bonchev–Trinajstić information content (AvgIpc) is 2.31. The number of rotatable bonds is 3. The molecule has 1 aliphatic rings. The van der Waals surface area contributed by atoms with Gasteiger partial charge in [-0.25, -0.2) is 4.79 Å². The van der Waals surface area contributed by atoms with Gasteiger partial charge >= 0.3 is 5.97 Å². The normalized spacial score (nSPS) is 28.2. The Kier molecular flexibility index (Phi) is 5.15. The second kappa shape index (κ2) is 6.17. The molecule has 0 amide bonds. The minimum atomic E-state index is -0.236. The van der Waals surface area contributed by atoms with E-state index in [4.69, 9.17) is 0 Å². The number of esters is 1. The van der Waals surface area contributed by atoms with Gasteiger partial charge in [0, 0.05) is 37.3 Å². The Hall–Kier alpha value is -0.870. The van der Waals surface area contributed by atoms with Crippen molar-refractivity contribution in [1.82, 2.24) is 9.80 Å². The second-order valence-electron chi connectivity index (χ2n) is 4.96. The van der Waals surface area contributed by atoms with Crippen LogP contribution in [0, 0.1) is 0 Å². The Labute approximate surface area is 104 Å². The fourth-order valence-electron chi connectivity index (χ4n) is 2.17. The molecule has 0 saturated carbocycles. The molecule has 1 saturated heterocycles. The van der Waals surface area contributed by atoms with Crippen LogP contribution in [0.4, 0.5) is 0 Å². The van der Waals surface area contributed by atoms with Gasteiger partial charge in [-0.3, -0.25) is 9.80 Å². The third-order valence-electron chi connectivity index (χ3n) is 3.60. The van der Waals surface area contributed by atoms with E-state index in [1.54, 1.807) is 6.92 Å². The van der Waals surface area contributed by atoms with Crippen LogP contribution in [0.2, 0.25) is 0 Å². The molecule has 0 aromatic carbocycles. The molecule has 1 fully saturated rings. The predicted octanol–water partition coefficient (Wildman–Crippen LogP) is 1.13. The Morgan fingerprint density at radius 3 is 2.35 bits per heavy atom. The topological polar surface area (TPSA) is 32.8 Å². The lowest BCUT2D eigenvalue weighted by molar-refractivity contribution is -0.136. The van der Waals surface area contributed by atoms with Gasteiger partial charge in [0.1, 0.15) is 0 Å². The lowest BCUT2D eigenvalue weighted by Gasteiger charge is -2.42. The number of ether oxygens (including phenoxy) is 1. The molecule has 2 unspecified atom stereocenters. The van der Waals surface area contributed by atoms with Crippen LogP contribution in [-0.4, -0.2) is 61.6 Å². The molecule has 4 nitrogen and oxygen atoms in total. The van der Waals surface area contributed by atoms with Crippen LogP contribution in [0.5, 0.6) is 0 Å². The van der Waals surface area contributed by atoms with E-state index >= 15 is 0 Å². The number of carbonyl (C=O) groups is 1. The smallest absolute Gasteiger partial charge is 0.333 e. The van der Waals surface area contributed by atoms with Crippen molar-refractivity contribution >= 4 is 5.97 Å². The molecule has 17 heavy (non-hydrogen) atoms. The first-order valence-electron chi connectivity index (χ1n) is 6.15. The van der Waals surface area contributed by atoms with Crippen LogP contribution >= 0.6 is 0 Å². The van der Waals surface area contributed by atoms with Crippen molar-refractivity contribution < 1.29 is 9.53 Å². The number of hydrogen-bond donors (Lipinski definition) is 0. The van der Waals surface area contributed by atoms with E-state index in [-0.39, 0.29) is 5.97 Å². The first-order chi connectivity index (χ1) is 7.95. The summed E-state index contributed by atoms with van der Waals surface area (Å²) in [5.41, 5.74) is 0.687. The summed E-state index contributed by atoms with van der Waals surface area (Å²) < 4.78 is 4.68. The van der Waals surface area contributed by atoms with Crippen molar-refractivity contribution in [3.05, 3.63) is 11.6 Å². The molecule has 98 valence electrons. The summed E-state index contributed by atoms with van der Waals surface area (Å²) in [5, 5.41) is 0. The van der Waals surface area contributed by atoms with Gasteiger partial charge in [0.15, 0.2) is 0 Å². The van der Waals surface area contributed by atoms with Gasteiger partial charge in [-0.05, 0) is 27.8 Å². The van der Waals surface area contributed by atoms with Crippen LogP contribution in [0.1, 0.15) is 20.8 Å². The first kappa shape index (κ1) is 14.2. The third-order valence-corrected chi connectivity index (χ3v) is 3.60. The molecule has 0 radical (unpaired) electrons. The maximum atomic E-state index is 11.2. The maximum absolute atomic E-state index is 11.2. The summed E-state index contributed by atoms with van der Waals surface area (Å²) in [6.07, 6.45) is 1.95. The van der Waals surface area contributed by atoms with E-state index in [0.29, 0.717) is 17.7 Å². The van der Waals surface area contributed by atoms with Crippen molar-refractivity contribution in [2.24, 2.45) is 0 Å². The number of carbonyl (C=O) groups excluding carboxylic acids is 1. The molecule has 0 N–H and O–H groups in total. The number of piperazine rings is 1. The molecule has 4 heteroatoms. The lowest BCUT2D eigenvalue weighted by Crippen LogP contribution is -2.54. The summed E-state index contributed by atoms with van der Waals surface area (Å²) in [6.45, 7) is 9.19. The lowest BCUT2D eigenvalue weighted by atomic mass is 10.1. The summed E-state index contributed by atoms with van der Waals surface area (Å²) in [6, 6.07) is 1.12. The van der Waals surface area contributed by atoms with Crippen molar-refractivity contribution in [1.29, 1.82) is 0 Å². The number of hydrogen-bond acceptors (Lipinski definition) is 4. The van der Waals surface area contributed by atoms with Gasteiger partial charge in [0.2, 0.25) is 0 Å². The van der Waals surface area contributed by atoms with Gasteiger partial charge in [0.05, 0.1) is 7.11 Å². The van der Waals surface area contributed by atoms with Crippen molar-refractivity contribution in [3.8, 4) is 0 Å². The highest BCUT2D eigenvalue weighted by Gasteiger charge is 2.25. The minimum absolute atomic E-state index is 0.236. The highest BCUT2D eigenvalue weighted by molar-refractivity contribution is 5.87. The first-order valence-corrected chi connectivity index (χ1v) is 6.15. The van der Waals surface area contributed by atoms with E-state index in [0.717, 1.165) is 19.6 Å². The summed E-state index contributed by atoms with van der Waals surface area (Å²) in [4.78, 5) is 16.0. The molecule has 0 aromatic heterocycles. The highest BCUT2D eigenvalue weighted by Crippen LogP contribution is 2.13. The van der Waals surface area contributed by atoms with E-state index in [2.05, 4.69) is 35.4 Å². The van der Waals surface area contributed by atoms with Crippen LogP contribution in [0.3, 0.4) is 0 Å². The summed E-state index contributed by atoms with van der Waals surface area (Å²) in [5.74, 6) is -0.236. The van der Waals surface area contributed by atoms with Crippen LogP contribution in [0.25, 0.3) is 0 Å². The van der Waals surface area contributed by atoms with Crippen LogP contribution in [0.15, 0.2) is 11.6 Å². The number of nitrogens with zero attached hydrogens (tertiary/aromatic N) is 2. The van der Waals surface area contributed by atoms with Gasteiger partial charge in [0.25, 0.3) is 0 Å². The fraction of sp³-hybridized carbons (Fsp3) is 0.769. The standard InChI is InChI=1S/C13H24N2O2/c1-10(13(16)17-5)6-7-15-8-11(2)14(4)12(3)9-15/h6,11-12H,7-9H2,1-5H3. The largest absolute Gasteiger partial charge is 0.466 e. The zero-order valence-corrected chi connectivity index (χ0v) is 11.6. The Morgan fingerprint density at radius 2 is 1.88 bits per heavy atom. The second-order valence-corrected chi connectivity index (χ2v) is 4.96. The van der Waals surface area contributed by atoms with Gasteiger partial charge in [-0.15, -0.1) is 0 Å². The maximum Gasteiger partial charge on any atom is 0.333 e. The molecule has 1 aliphatic heterocycles. The monoisotopic (exact) mass is 240 g/mol. The summed E-state index contributed by atoms with van der Waals surface area (Å²) >= 11 is 0. The van der Waals surface area contributed by atoms with Crippen molar-refractivity contribution in [3.63, 3.8) is 0 Å². The molecule has 0 aliphatic carbocycles. The number of methoxy groups -OCH3 is 1. The molecule has 2 atom stereocenters. The third kappa shape index (κ3) is 3.82. The van der Waals surface area contributed by atoms with E-state index < -0.39 is 0 Å². The molecule has 0 aromatic rings. The predicted molar refractivity (Wildman–Crippen MR) is 68.9 cm³/mol. The molecule has 0 spiro atoms. The van der Waals surface area contributed by atoms with Crippen molar-refractivity contribution in [2.45, 2.75) is 32.9 Å². The average molecular weight is 240 g/mol. The SMILES string of the molecule is COC(=O)C(C)=CCN1CC(C)N(C)C(C)C1. The fourth-order valence-corrected chi connectivity index (χ4v) is 2.17. The molecule has 1 heterocycles.